The van der Waals surface area contributed by atoms with Crippen LogP contribution in [0.1, 0.15) is 31.5 Å². The minimum Gasteiger partial charge on any atom is -0.480 e. The number of carbonyl (C=O) groups is 1. The van der Waals surface area contributed by atoms with E-state index in [9.17, 15) is 4.79 Å². The first kappa shape index (κ1) is 17.5. The topological polar surface area (TPSA) is 87.7 Å². The lowest BCUT2D eigenvalue weighted by molar-refractivity contribution is -0.148. The Morgan fingerprint density at radius 2 is 2.27 bits per heavy atom. The maximum absolute atomic E-state index is 10.8. The second kappa shape index (κ2) is 6.98. The lowest BCUT2D eigenvalue weighted by Crippen LogP contribution is -2.51. The van der Waals surface area contributed by atoms with Gasteiger partial charge >= 0.3 is 5.97 Å². The van der Waals surface area contributed by atoms with E-state index < -0.39 is 5.97 Å². The molecule has 0 radical (unpaired) electrons. The number of likely N-dealkylation sites (tertiary alicyclic amines) is 1. The van der Waals surface area contributed by atoms with Crippen LogP contribution in [0.25, 0.3) is 11.0 Å². The van der Waals surface area contributed by atoms with Gasteiger partial charge in [0.05, 0.1) is 29.3 Å². The highest BCUT2D eigenvalue weighted by Gasteiger charge is 2.51. The van der Waals surface area contributed by atoms with Crippen molar-refractivity contribution >= 4 is 17.0 Å². The lowest BCUT2D eigenvalue weighted by Gasteiger charge is -2.43. The molecule has 2 heterocycles. The van der Waals surface area contributed by atoms with Crippen LogP contribution >= 0.6 is 0 Å². The summed E-state index contributed by atoms with van der Waals surface area (Å²) in [5.74, 6) is 0.0332. The third kappa shape index (κ3) is 3.22. The van der Waals surface area contributed by atoms with Crippen LogP contribution in [-0.4, -0.2) is 64.0 Å². The summed E-state index contributed by atoms with van der Waals surface area (Å²) in [5.41, 5.74) is 1.87. The Morgan fingerprint density at radius 3 is 3.04 bits per heavy atom. The van der Waals surface area contributed by atoms with Gasteiger partial charge in [0.25, 0.3) is 0 Å². The molecule has 2 aromatic rings. The largest absolute Gasteiger partial charge is 0.480 e. The molecule has 2 fully saturated rings. The van der Waals surface area contributed by atoms with Gasteiger partial charge < -0.3 is 19.6 Å². The fraction of sp³-hybridized carbons (Fsp3) is 0.579. The quantitative estimate of drug-likeness (QED) is 0.822. The number of nitrogens with zero attached hydrogens (tertiary/aromatic N) is 2. The number of aromatic nitrogens is 2. The SMILES string of the molecule is CO[C@@]12CC[C@@H](OCC(=O)O)C[C@@H]1N(Cc1nc3ccccc3[nH]1)CC2. The number of hydrogen-bond acceptors (Lipinski definition) is 5. The molecule has 1 aromatic carbocycles. The highest BCUT2D eigenvalue weighted by molar-refractivity contribution is 5.74. The highest BCUT2D eigenvalue weighted by atomic mass is 16.5. The number of hydrogen-bond donors (Lipinski definition) is 2. The summed E-state index contributed by atoms with van der Waals surface area (Å²) in [7, 11) is 1.79. The Hall–Kier alpha value is -1.96. The van der Waals surface area contributed by atoms with E-state index in [-0.39, 0.29) is 24.4 Å². The average Bonchev–Trinajstić information content (AvgIpc) is 3.21. The zero-order valence-corrected chi connectivity index (χ0v) is 15.0. The molecular formula is C19H25N3O4. The van der Waals surface area contributed by atoms with E-state index in [1.54, 1.807) is 7.11 Å². The zero-order chi connectivity index (χ0) is 18.1. The molecule has 0 bridgehead atoms. The number of aromatic amines is 1. The number of ether oxygens (including phenoxy) is 2. The minimum atomic E-state index is -0.917. The smallest absolute Gasteiger partial charge is 0.329 e. The van der Waals surface area contributed by atoms with Gasteiger partial charge in [-0.25, -0.2) is 9.78 Å². The Balaban J connectivity index is 1.49. The molecule has 3 atom stereocenters. The second-order valence-electron chi connectivity index (χ2n) is 7.31. The van der Waals surface area contributed by atoms with Crippen molar-refractivity contribution in [3.05, 3.63) is 30.1 Å². The van der Waals surface area contributed by atoms with Crippen LogP contribution < -0.4 is 0 Å². The molecule has 4 rings (SSSR count). The molecule has 1 aliphatic carbocycles. The zero-order valence-electron chi connectivity index (χ0n) is 15.0. The van der Waals surface area contributed by atoms with Crippen LogP contribution in [0.5, 0.6) is 0 Å². The van der Waals surface area contributed by atoms with Crippen LogP contribution in [0.15, 0.2) is 24.3 Å². The monoisotopic (exact) mass is 359 g/mol. The van der Waals surface area contributed by atoms with Crippen molar-refractivity contribution in [2.24, 2.45) is 0 Å². The van der Waals surface area contributed by atoms with Crippen LogP contribution in [0.4, 0.5) is 0 Å². The minimum absolute atomic E-state index is 0.0318. The third-order valence-corrected chi connectivity index (χ3v) is 5.89. The molecular weight excluding hydrogens is 334 g/mol. The summed E-state index contributed by atoms with van der Waals surface area (Å²) in [4.78, 5) is 21.3. The van der Waals surface area contributed by atoms with Crippen molar-refractivity contribution in [2.75, 3.05) is 20.3 Å². The number of methoxy groups -OCH3 is 1. The summed E-state index contributed by atoms with van der Waals surface area (Å²) in [5, 5.41) is 8.87. The van der Waals surface area contributed by atoms with E-state index in [0.717, 1.165) is 55.6 Å². The molecule has 1 saturated carbocycles. The Kier molecular flexibility index (Phi) is 4.69. The summed E-state index contributed by atoms with van der Waals surface area (Å²) in [6.07, 6.45) is 3.49. The molecule has 26 heavy (non-hydrogen) atoms. The number of imidazole rings is 1. The van der Waals surface area contributed by atoms with Crippen LogP contribution in [0.3, 0.4) is 0 Å². The third-order valence-electron chi connectivity index (χ3n) is 5.89. The Morgan fingerprint density at radius 1 is 1.42 bits per heavy atom. The number of aliphatic carboxylic acids is 1. The molecule has 1 aromatic heterocycles. The van der Waals surface area contributed by atoms with Crippen molar-refractivity contribution < 1.29 is 19.4 Å². The maximum Gasteiger partial charge on any atom is 0.329 e. The summed E-state index contributed by atoms with van der Waals surface area (Å²) < 4.78 is 11.5. The number of carboxylic acids is 1. The normalized spacial score (nSPS) is 29.1. The fourth-order valence-corrected chi connectivity index (χ4v) is 4.56. The predicted molar refractivity (Wildman–Crippen MR) is 95.9 cm³/mol. The molecule has 1 aliphatic heterocycles. The van der Waals surface area contributed by atoms with Crippen molar-refractivity contribution in [3.63, 3.8) is 0 Å². The van der Waals surface area contributed by atoms with Crippen molar-refractivity contribution in [1.29, 1.82) is 0 Å². The van der Waals surface area contributed by atoms with Gasteiger partial charge in [0.15, 0.2) is 0 Å². The van der Waals surface area contributed by atoms with Gasteiger partial charge in [-0.1, -0.05) is 12.1 Å². The molecule has 0 amide bonds. The van der Waals surface area contributed by atoms with E-state index in [0.29, 0.717) is 0 Å². The maximum atomic E-state index is 10.8. The Labute approximate surface area is 152 Å². The van der Waals surface area contributed by atoms with Crippen molar-refractivity contribution in [2.45, 2.75) is 50.0 Å². The Bertz CT molecular complexity index is 759. The molecule has 0 spiro atoms. The van der Waals surface area contributed by atoms with Crippen LogP contribution in [0, 0.1) is 0 Å². The molecule has 7 nitrogen and oxygen atoms in total. The van der Waals surface area contributed by atoms with Gasteiger partial charge in [-0.15, -0.1) is 0 Å². The molecule has 0 unspecified atom stereocenters. The predicted octanol–water partition coefficient (Wildman–Crippen LogP) is 2.18. The first-order valence-electron chi connectivity index (χ1n) is 9.16. The number of H-pyrrole nitrogens is 1. The van der Waals surface area contributed by atoms with E-state index in [1.165, 1.54) is 0 Å². The number of fused-ring (bicyclic) bond motifs is 2. The van der Waals surface area contributed by atoms with E-state index in [2.05, 4.69) is 9.88 Å². The number of para-hydroxylation sites is 2. The number of carboxylic acid groups (broad SMARTS) is 1. The van der Waals surface area contributed by atoms with Gasteiger partial charge in [-0.2, -0.15) is 0 Å². The van der Waals surface area contributed by atoms with E-state index in [4.69, 9.17) is 19.6 Å². The van der Waals surface area contributed by atoms with Crippen molar-refractivity contribution in [1.82, 2.24) is 14.9 Å². The number of rotatable bonds is 6. The average molecular weight is 359 g/mol. The first-order chi connectivity index (χ1) is 12.6. The molecule has 7 heteroatoms. The van der Waals surface area contributed by atoms with Crippen LogP contribution in [-0.2, 0) is 20.8 Å². The molecule has 2 aliphatic rings. The standard InChI is InChI=1S/C19H25N3O4/c1-25-19-7-6-13(26-12-18(23)24)10-16(19)22(9-8-19)11-17-20-14-4-2-3-5-15(14)21-17/h2-5,13,16H,6-12H2,1H3,(H,20,21)(H,23,24)/t13-,16+,19-/m1/s1. The summed E-state index contributed by atoms with van der Waals surface area (Å²) >= 11 is 0. The summed E-state index contributed by atoms with van der Waals surface area (Å²) in [6.45, 7) is 1.44. The number of benzene rings is 1. The molecule has 2 N–H and O–H groups in total. The number of nitrogens with one attached hydrogen (secondary N) is 1. The van der Waals surface area contributed by atoms with Crippen molar-refractivity contribution in [3.8, 4) is 0 Å². The van der Waals surface area contributed by atoms with E-state index >= 15 is 0 Å². The van der Waals surface area contributed by atoms with Crippen LogP contribution in [0.2, 0.25) is 0 Å². The van der Waals surface area contributed by atoms with Gasteiger partial charge in [-0.05, 0) is 37.8 Å². The summed E-state index contributed by atoms with van der Waals surface area (Å²) in [6, 6.07) is 8.25. The lowest BCUT2D eigenvalue weighted by atomic mass is 9.79. The van der Waals surface area contributed by atoms with Gasteiger partial charge in [0, 0.05) is 19.7 Å². The van der Waals surface area contributed by atoms with Gasteiger partial charge in [0.2, 0.25) is 0 Å². The van der Waals surface area contributed by atoms with E-state index in [1.807, 2.05) is 24.3 Å². The fourth-order valence-electron chi connectivity index (χ4n) is 4.56. The first-order valence-corrected chi connectivity index (χ1v) is 9.16. The van der Waals surface area contributed by atoms with Gasteiger partial charge in [-0.3, -0.25) is 4.90 Å². The second-order valence-corrected chi connectivity index (χ2v) is 7.31. The highest BCUT2D eigenvalue weighted by Crippen LogP contribution is 2.43. The molecule has 140 valence electrons. The molecule has 1 saturated heterocycles. The van der Waals surface area contributed by atoms with Gasteiger partial charge in [0.1, 0.15) is 12.4 Å².